The van der Waals surface area contributed by atoms with Crippen molar-refractivity contribution in [2.75, 3.05) is 6.54 Å². The van der Waals surface area contributed by atoms with E-state index in [0.717, 1.165) is 5.69 Å². The molecule has 0 spiro atoms. The van der Waals surface area contributed by atoms with Crippen LogP contribution in [0.15, 0.2) is 6.20 Å². The number of nitrogens with zero attached hydrogens (tertiary/aromatic N) is 2. The summed E-state index contributed by atoms with van der Waals surface area (Å²) in [6.45, 7) is 1.53. The molecule has 1 amide bonds. The Morgan fingerprint density at radius 3 is 2.80 bits per heavy atom. The smallest absolute Gasteiger partial charge is 0.322 e. The van der Waals surface area contributed by atoms with E-state index in [-0.39, 0.29) is 6.54 Å². The van der Waals surface area contributed by atoms with E-state index in [2.05, 4.69) is 10.4 Å². The Balaban J connectivity index is 2.77. The van der Waals surface area contributed by atoms with Gasteiger partial charge in [-0.3, -0.25) is 14.3 Å². The van der Waals surface area contributed by atoms with E-state index in [1.54, 1.807) is 11.7 Å². The van der Waals surface area contributed by atoms with Gasteiger partial charge in [0.2, 0.25) is 0 Å². The third kappa shape index (κ3) is 2.55. The van der Waals surface area contributed by atoms with Gasteiger partial charge in [0.1, 0.15) is 6.54 Å². The van der Waals surface area contributed by atoms with Gasteiger partial charge >= 0.3 is 5.97 Å². The second-order valence-corrected chi connectivity index (χ2v) is 3.06. The molecule has 2 N–H and O–H groups in total. The zero-order valence-corrected chi connectivity index (χ0v) is 8.65. The molecule has 0 bridgehead atoms. The second kappa shape index (κ2) is 4.59. The van der Waals surface area contributed by atoms with Crippen molar-refractivity contribution in [3.8, 4) is 0 Å². The molecular formula is C9H13N3O3. The Morgan fingerprint density at radius 1 is 1.60 bits per heavy atom. The maximum atomic E-state index is 11.5. The minimum absolute atomic E-state index is 0.378. The Bertz CT molecular complexity index is 384. The molecule has 1 aromatic rings. The van der Waals surface area contributed by atoms with Crippen LogP contribution in [0.2, 0.25) is 0 Å². The summed E-state index contributed by atoms with van der Waals surface area (Å²) >= 11 is 0. The van der Waals surface area contributed by atoms with Crippen molar-refractivity contribution in [1.82, 2.24) is 15.1 Å². The Kier molecular flexibility index (Phi) is 3.43. The van der Waals surface area contributed by atoms with Crippen LogP contribution in [0.1, 0.15) is 23.0 Å². The standard InChI is InChI=1S/C9H13N3O3/c1-3-7-6(4-11-12(7)2)9(15)10-5-8(13)14/h4H,3,5H2,1-2H3,(H,10,15)(H,13,14). The largest absolute Gasteiger partial charge is 0.480 e. The fourth-order valence-corrected chi connectivity index (χ4v) is 1.32. The minimum atomic E-state index is -1.06. The molecule has 6 heteroatoms. The lowest BCUT2D eigenvalue weighted by molar-refractivity contribution is -0.135. The number of carboxylic acids is 1. The highest BCUT2D eigenvalue weighted by Gasteiger charge is 2.14. The normalized spacial score (nSPS) is 10.0. The summed E-state index contributed by atoms with van der Waals surface area (Å²) in [5.74, 6) is -1.47. The lowest BCUT2D eigenvalue weighted by Crippen LogP contribution is -2.29. The lowest BCUT2D eigenvalue weighted by atomic mass is 10.2. The molecule has 0 aliphatic heterocycles. The Labute approximate surface area is 86.9 Å². The number of hydrogen-bond acceptors (Lipinski definition) is 3. The average Bonchev–Trinajstić information content (AvgIpc) is 2.55. The van der Waals surface area contributed by atoms with Gasteiger partial charge in [-0.1, -0.05) is 6.92 Å². The molecule has 0 unspecified atom stereocenters. The minimum Gasteiger partial charge on any atom is -0.480 e. The Hall–Kier alpha value is -1.85. The number of carboxylic acid groups (broad SMARTS) is 1. The zero-order chi connectivity index (χ0) is 11.4. The van der Waals surface area contributed by atoms with Gasteiger partial charge in [0, 0.05) is 7.05 Å². The van der Waals surface area contributed by atoms with Gasteiger partial charge in [-0.2, -0.15) is 5.10 Å². The quantitative estimate of drug-likeness (QED) is 0.722. The third-order valence-electron chi connectivity index (χ3n) is 2.04. The third-order valence-corrected chi connectivity index (χ3v) is 2.04. The van der Waals surface area contributed by atoms with Crippen molar-refractivity contribution in [3.05, 3.63) is 17.5 Å². The van der Waals surface area contributed by atoms with Crippen LogP contribution in [0.25, 0.3) is 0 Å². The van der Waals surface area contributed by atoms with Crippen molar-refractivity contribution in [3.63, 3.8) is 0 Å². The number of aromatic nitrogens is 2. The van der Waals surface area contributed by atoms with E-state index in [0.29, 0.717) is 12.0 Å². The molecule has 0 fully saturated rings. The molecule has 0 aromatic carbocycles. The van der Waals surface area contributed by atoms with Gasteiger partial charge in [-0.25, -0.2) is 0 Å². The number of amides is 1. The summed E-state index contributed by atoms with van der Waals surface area (Å²) in [6, 6.07) is 0. The van der Waals surface area contributed by atoms with Crippen LogP contribution < -0.4 is 5.32 Å². The van der Waals surface area contributed by atoms with E-state index < -0.39 is 11.9 Å². The number of rotatable bonds is 4. The summed E-state index contributed by atoms with van der Waals surface area (Å²) < 4.78 is 1.61. The summed E-state index contributed by atoms with van der Waals surface area (Å²) in [4.78, 5) is 21.8. The zero-order valence-electron chi connectivity index (χ0n) is 8.65. The topological polar surface area (TPSA) is 84.2 Å². The first kappa shape index (κ1) is 11.2. The second-order valence-electron chi connectivity index (χ2n) is 3.06. The molecule has 0 atom stereocenters. The van der Waals surface area contributed by atoms with Crippen molar-refractivity contribution in [2.24, 2.45) is 7.05 Å². The number of aliphatic carboxylic acids is 1. The van der Waals surface area contributed by atoms with Gasteiger partial charge in [-0.05, 0) is 6.42 Å². The van der Waals surface area contributed by atoms with Gasteiger partial charge < -0.3 is 10.4 Å². The molecule has 6 nitrogen and oxygen atoms in total. The van der Waals surface area contributed by atoms with Gasteiger partial charge in [0.05, 0.1) is 17.5 Å². The number of carbonyl (C=O) groups is 2. The highest BCUT2D eigenvalue weighted by Crippen LogP contribution is 2.07. The van der Waals surface area contributed by atoms with E-state index in [1.807, 2.05) is 6.92 Å². The predicted octanol–water partition coefficient (Wildman–Crippen LogP) is -0.203. The van der Waals surface area contributed by atoms with Crippen LogP contribution >= 0.6 is 0 Å². The molecule has 0 saturated heterocycles. The molecule has 1 heterocycles. The maximum Gasteiger partial charge on any atom is 0.322 e. The van der Waals surface area contributed by atoms with Gasteiger partial charge in [0.15, 0.2) is 0 Å². The SMILES string of the molecule is CCc1c(C(=O)NCC(=O)O)cnn1C. The maximum absolute atomic E-state index is 11.5. The van der Waals surface area contributed by atoms with E-state index in [4.69, 9.17) is 5.11 Å². The molecule has 0 aliphatic carbocycles. The lowest BCUT2D eigenvalue weighted by Gasteiger charge is -2.03. The molecule has 15 heavy (non-hydrogen) atoms. The van der Waals surface area contributed by atoms with Crippen LogP contribution in [-0.2, 0) is 18.3 Å². The van der Waals surface area contributed by atoms with Crippen molar-refractivity contribution >= 4 is 11.9 Å². The molecule has 1 rings (SSSR count). The first-order valence-electron chi connectivity index (χ1n) is 4.57. The first-order valence-corrected chi connectivity index (χ1v) is 4.57. The number of nitrogens with one attached hydrogen (secondary N) is 1. The molecule has 1 aromatic heterocycles. The summed E-state index contributed by atoms with van der Waals surface area (Å²) in [5, 5.41) is 14.6. The molecule has 0 saturated carbocycles. The molecule has 82 valence electrons. The van der Waals surface area contributed by atoms with E-state index in [9.17, 15) is 9.59 Å². The van der Waals surface area contributed by atoms with Crippen molar-refractivity contribution in [2.45, 2.75) is 13.3 Å². The fraction of sp³-hybridized carbons (Fsp3) is 0.444. The number of hydrogen-bond donors (Lipinski definition) is 2. The van der Waals surface area contributed by atoms with Gasteiger partial charge in [0.25, 0.3) is 5.91 Å². The highest BCUT2D eigenvalue weighted by molar-refractivity contribution is 5.96. The summed E-state index contributed by atoms with van der Waals surface area (Å²) in [6.07, 6.45) is 2.11. The van der Waals surface area contributed by atoms with Crippen LogP contribution in [0.5, 0.6) is 0 Å². The van der Waals surface area contributed by atoms with Crippen LogP contribution in [0.3, 0.4) is 0 Å². The predicted molar refractivity (Wildman–Crippen MR) is 52.6 cm³/mol. The van der Waals surface area contributed by atoms with Crippen molar-refractivity contribution in [1.29, 1.82) is 0 Å². The van der Waals surface area contributed by atoms with Crippen LogP contribution in [0, 0.1) is 0 Å². The van der Waals surface area contributed by atoms with Crippen LogP contribution in [-0.4, -0.2) is 33.3 Å². The monoisotopic (exact) mass is 211 g/mol. The molecular weight excluding hydrogens is 198 g/mol. The van der Waals surface area contributed by atoms with E-state index >= 15 is 0 Å². The molecule has 0 aliphatic rings. The van der Waals surface area contributed by atoms with Gasteiger partial charge in [-0.15, -0.1) is 0 Å². The summed E-state index contributed by atoms with van der Waals surface area (Å²) in [5.41, 5.74) is 1.22. The van der Waals surface area contributed by atoms with Crippen molar-refractivity contribution < 1.29 is 14.7 Å². The van der Waals surface area contributed by atoms with Crippen LogP contribution in [0.4, 0.5) is 0 Å². The first-order chi connectivity index (χ1) is 7.06. The Morgan fingerprint density at radius 2 is 2.27 bits per heavy atom. The average molecular weight is 211 g/mol. The number of carbonyl (C=O) groups excluding carboxylic acids is 1. The number of aryl methyl sites for hydroxylation is 1. The van der Waals surface area contributed by atoms with E-state index in [1.165, 1.54) is 6.20 Å². The molecule has 0 radical (unpaired) electrons. The highest BCUT2D eigenvalue weighted by atomic mass is 16.4. The fourth-order valence-electron chi connectivity index (χ4n) is 1.32. The summed E-state index contributed by atoms with van der Waals surface area (Å²) in [7, 11) is 1.74.